The molecule has 0 aliphatic heterocycles. The summed E-state index contributed by atoms with van der Waals surface area (Å²) < 4.78 is 27.7. The van der Waals surface area contributed by atoms with E-state index >= 15 is 0 Å². The van der Waals surface area contributed by atoms with Crippen LogP contribution in [0.5, 0.6) is 0 Å². The lowest BCUT2D eigenvalue weighted by Crippen LogP contribution is -2.37. The summed E-state index contributed by atoms with van der Waals surface area (Å²) >= 11 is 0. The van der Waals surface area contributed by atoms with Crippen molar-refractivity contribution in [2.45, 2.75) is 24.8 Å². The van der Waals surface area contributed by atoms with Gasteiger partial charge < -0.3 is 10.6 Å². The Bertz CT molecular complexity index is 824. The van der Waals surface area contributed by atoms with Crippen LogP contribution in [0.4, 0.5) is 5.69 Å². The molecule has 1 atom stereocenters. The van der Waals surface area contributed by atoms with Gasteiger partial charge in [-0.3, -0.25) is 4.79 Å². The first-order valence-electron chi connectivity index (χ1n) is 7.31. The molecule has 1 amide bonds. The minimum absolute atomic E-state index is 0. The zero-order valence-electron chi connectivity index (χ0n) is 13.8. The van der Waals surface area contributed by atoms with Crippen LogP contribution in [0.25, 0.3) is 10.8 Å². The van der Waals surface area contributed by atoms with E-state index in [1.165, 1.54) is 13.0 Å². The Balaban J connectivity index is 0.00000288. The van der Waals surface area contributed by atoms with Crippen molar-refractivity contribution in [2.24, 2.45) is 0 Å². The zero-order chi connectivity index (χ0) is 17.0. The summed E-state index contributed by atoms with van der Waals surface area (Å²) in [4.78, 5) is 11.5. The quantitative estimate of drug-likeness (QED) is 0.725. The van der Waals surface area contributed by atoms with Crippen LogP contribution < -0.4 is 15.4 Å². The average Bonchev–Trinajstić information content (AvgIpc) is 2.52. The van der Waals surface area contributed by atoms with Crippen molar-refractivity contribution < 1.29 is 13.2 Å². The number of likely N-dealkylation sites (N-methyl/N-ethyl adjacent to an activating group) is 1. The van der Waals surface area contributed by atoms with Gasteiger partial charge in [-0.1, -0.05) is 24.3 Å². The summed E-state index contributed by atoms with van der Waals surface area (Å²) in [7, 11) is -1.87. The van der Waals surface area contributed by atoms with Gasteiger partial charge >= 0.3 is 0 Å². The molecule has 0 saturated heterocycles. The van der Waals surface area contributed by atoms with Gasteiger partial charge in [0.25, 0.3) is 0 Å². The molecule has 0 radical (unpaired) electrons. The molecule has 0 aromatic heterocycles. The molecular weight excluding hydrogens is 350 g/mol. The molecule has 8 heteroatoms. The predicted octanol–water partition coefficient (Wildman–Crippen LogP) is 2.11. The average molecular weight is 372 g/mol. The molecule has 0 spiro atoms. The topological polar surface area (TPSA) is 87.3 Å². The van der Waals surface area contributed by atoms with E-state index in [1.807, 2.05) is 6.92 Å². The summed E-state index contributed by atoms with van der Waals surface area (Å²) in [6, 6.07) is 10.2. The largest absolute Gasteiger partial charge is 0.326 e. The second kappa shape index (κ2) is 8.43. The Morgan fingerprint density at radius 2 is 1.75 bits per heavy atom. The number of carbonyl (C=O) groups is 1. The fourth-order valence-electron chi connectivity index (χ4n) is 2.22. The van der Waals surface area contributed by atoms with E-state index in [2.05, 4.69) is 15.4 Å². The summed E-state index contributed by atoms with van der Waals surface area (Å²) in [6.07, 6.45) is 0. The SMILES string of the molecule is CNC(C)CNS(=O)(=O)c1ccc(NC(C)=O)c2ccccc12.Cl. The van der Waals surface area contributed by atoms with E-state index < -0.39 is 10.0 Å². The number of sulfonamides is 1. The van der Waals surface area contributed by atoms with Crippen molar-refractivity contribution in [3.8, 4) is 0 Å². The Labute approximate surface area is 148 Å². The van der Waals surface area contributed by atoms with Gasteiger partial charge in [0, 0.05) is 36.0 Å². The van der Waals surface area contributed by atoms with E-state index in [0.29, 0.717) is 23.0 Å². The van der Waals surface area contributed by atoms with Crippen molar-refractivity contribution in [3.63, 3.8) is 0 Å². The number of amides is 1. The molecule has 2 rings (SSSR count). The summed E-state index contributed by atoms with van der Waals surface area (Å²) in [5.41, 5.74) is 0.593. The molecule has 132 valence electrons. The maximum absolute atomic E-state index is 12.6. The highest BCUT2D eigenvalue weighted by molar-refractivity contribution is 7.89. The lowest BCUT2D eigenvalue weighted by atomic mass is 10.1. The molecule has 6 nitrogen and oxygen atoms in total. The molecular formula is C16H22ClN3O3S. The van der Waals surface area contributed by atoms with E-state index in [1.54, 1.807) is 37.4 Å². The van der Waals surface area contributed by atoms with Gasteiger partial charge in [-0.15, -0.1) is 12.4 Å². The smallest absolute Gasteiger partial charge is 0.241 e. The van der Waals surface area contributed by atoms with Gasteiger partial charge in [0.1, 0.15) is 0 Å². The number of halogens is 1. The van der Waals surface area contributed by atoms with Gasteiger partial charge in [0.15, 0.2) is 0 Å². The predicted molar refractivity (Wildman–Crippen MR) is 99.2 cm³/mol. The van der Waals surface area contributed by atoms with Crippen molar-refractivity contribution in [1.82, 2.24) is 10.0 Å². The van der Waals surface area contributed by atoms with Crippen molar-refractivity contribution in [1.29, 1.82) is 0 Å². The normalized spacial score (nSPS) is 12.5. The molecule has 0 heterocycles. The Hall–Kier alpha value is -1.67. The molecule has 0 saturated carbocycles. The molecule has 3 N–H and O–H groups in total. The molecule has 0 aliphatic rings. The number of nitrogens with one attached hydrogen (secondary N) is 3. The minimum Gasteiger partial charge on any atom is -0.326 e. The fourth-order valence-corrected chi connectivity index (χ4v) is 3.56. The van der Waals surface area contributed by atoms with Crippen molar-refractivity contribution >= 4 is 44.8 Å². The highest BCUT2D eigenvalue weighted by Crippen LogP contribution is 2.29. The highest BCUT2D eigenvalue weighted by atomic mass is 35.5. The van der Waals surface area contributed by atoms with E-state index in [-0.39, 0.29) is 29.3 Å². The Morgan fingerprint density at radius 3 is 2.33 bits per heavy atom. The summed E-state index contributed by atoms with van der Waals surface area (Å²) in [5, 5.41) is 6.96. The first kappa shape index (κ1) is 20.4. The third-order valence-corrected chi connectivity index (χ3v) is 5.04. The minimum atomic E-state index is -3.64. The molecule has 0 fully saturated rings. The number of fused-ring (bicyclic) bond motifs is 1. The maximum atomic E-state index is 12.6. The van der Waals surface area contributed by atoms with Crippen LogP contribution in [0.1, 0.15) is 13.8 Å². The van der Waals surface area contributed by atoms with Crippen molar-refractivity contribution in [3.05, 3.63) is 36.4 Å². The first-order chi connectivity index (χ1) is 10.8. The van der Waals surface area contributed by atoms with Gasteiger partial charge in [0.05, 0.1) is 4.90 Å². The van der Waals surface area contributed by atoms with Crippen LogP contribution in [0.3, 0.4) is 0 Å². The van der Waals surface area contributed by atoms with Gasteiger partial charge in [0.2, 0.25) is 15.9 Å². The zero-order valence-corrected chi connectivity index (χ0v) is 15.4. The number of rotatable bonds is 6. The molecule has 1 unspecified atom stereocenters. The number of carbonyl (C=O) groups excluding carboxylic acids is 1. The molecule has 0 aliphatic carbocycles. The number of hydrogen-bond acceptors (Lipinski definition) is 4. The van der Waals surface area contributed by atoms with Gasteiger partial charge in [-0.2, -0.15) is 0 Å². The maximum Gasteiger partial charge on any atom is 0.241 e. The molecule has 2 aromatic carbocycles. The highest BCUT2D eigenvalue weighted by Gasteiger charge is 2.19. The summed E-state index contributed by atoms with van der Waals surface area (Å²) in [6.45, 7) is 3.60. The van der Waals surface area contributed by atoms with Crippen LogP contribution in [0.2, 0.25) is 0 Å². The fraction of sp³-hybridized carbons (Fsp3) is 0.312. The lowest BCUT2D eigenvalue weighted by molar-refractivity contribution is -0.114. The number of hydrogen-bond donors (Lipinski definition) is 3. The van der Waals surface area contributed by atoms with Crippen molar-refractivity contribution in [2.75, 3.05) is 18.9 Å². The Morgan fingerprint density at radius 1 is 1.12 bits per heavy atom. The number of benzene rings is 2. The van der Waals surface area contributed by atoms with E-state index in [0.717, 1.165) is 0 Å². The standard InChI is InChI=1S/C16H21N3O3S.ClH/c1-11(17-3)10-18-23(21,22)16-9-8-15(19-12(2)20)13-6-4-5-7-14(13)16;/h4-9,11,17-18H,10H2,1-3H3,(H,19,20);1H. The first-order valence-corrected chi connectivity index (χ1v) is 8.79. The van der Waals surface area contributed by atoms with E-state index in [9.17, 15) is 13.2 Å². The van der Waals surface area contributed by atoms with Crippen LogP contribution in [0, 0.1) is 0 Å². The second-order valence-corrected chi connectivity index (χ2v) is 7.12. The van der Waals surface area contributed by atoms with Crippen LogP contribution >= 0.6 is 12.4 Å². The lowest BCUT2D eigenvalue weighted by Gasteiger charge is -2.15. The third kappa shape index (κ3) is 4.67. The van der Waals surface area contributed by atoms with Crippen LogP contribution in [-0.2, 0) is 14.8 Å². The Kier molecular flexibility index (Phi) is 7.16. The van der Waals surface area contributed by atoms with Gasteiger partial charge in [-0.25, -0.2) is 13.1 Å². The van der Waals surface area contributed by atoms with Crippen LogP contribution in [-0.4, -0.2) is 34.0 Å². The summed E-state index contributed by atoms with van der Waals surface area (Å²) in [5.74, 6) is -0.202. The molecule has 2 aromatic rings. The van der Waals surface area contributed by atoms with E-state index in [4.69, 9.17) is 0 Å². The van der Waals surface area contributed by atoms with Gasteiger partial charge in [-0.05, 0) is 26.1 Å². The molecule has 24 heavy (non-hydrogen) atoms. The monoisotopic (exact) mass is 371 g/mol. The number of anilines is 1. The second-order valence-electron chi connectivity index (χ2n) is 5.38. The molecule has 0 bridgehead atoms. The third-order valence-electron chi connectivity index (χ3n) is 3.56. The van der Waals surface area contributed by atoms with Crippen LogP contribution in [0.15, 0.2) is 41.3 Å².